The molecule has 1 aliphatic carbocycles. The number of carboxylic acid groups (broad SMARTS) is 1. The van der Waals surface area contributed by atoms with Crippen molar-refractivity contribution in [3.8, 4) is 11.1 Å². The normalized spacial score (nSPS) is 17.4. The van der Waals surface area contributed by atoms with E-state index in [1.165, 1.54) is 38.9 Å². The van der Waals surface area contributed by atoms with Crippen molar-refractivity contribution in [2.45, 2.75) is 37.6 Å². The number of hydrogen-bond acceptors (Lipinski definition) is 5. The van der Waals surface area contributed by atoms with Gasteiger partial charge in [-0.05, 0) is 35.1 Å². The average Bonchev–Trinajstić information content (AvgIpc) is 2.97. The molecule has 1 heterocycles. The van der Waals surface area contributed by atoms with Crippen LogP contribution >= 0.6 is 11.8 Å². The number of alkyl carbamates (subject to hydrolysis) is 1. The molecule has 1 aliphatic heterocycles. The Hall–Kier alpha value is -3.00. The summed E-state index contributed by atoms with van der Waals surface area (Å²) < 4.78 is 5.52. The summed E-state index contributed by atoms with van der Waals surface area (Å²) in [6.45, 7) is 1.13. The van der Waals surface area contributed by atoms with Gasteiger partial charge in [0.05, 0.1) is 5.75 Å². The molecule has 1 atom stereocenters. The van der Waals surface area contributed by atoms with Crippen LogP contribution in [0.2, 0.25) is 0 Å². The van der Waals surface area contributed by atoms with Gasteiger partial charge in [-0.2, -0.15) is 11.8 Å². The zero-order chi connectivity index (χ0) is 23.9. The highest BCUT2D eigenvalue weighted by Crippen LogP contribution is 2.44. The molecule has 1 fully saturated rings. The number of nitrogens with zero attached hydrogens (tertiary/aromatic N) is 1. The monoisotopic (exact) mass is 482 g/mol. The summed E-state index contributed by atoms with van der Waals surface area (Å²) >= 11 is 1.39. The summed E-state index contributed by atoms with van der Waals surface area (Å²) in [5, 5.41) is 12.2. The third-order valence-electron chi connectivity index (χ3n) is 6.44. The smallest absolute Gasteiger partial charge is 0.407 e. The molecule has 2 aromatic rings. The molecule has 2 aliphatic rings. The molecule has 0 spiro atoms. The number of benzene rings is 2. The van der Waals surface area contributed by atoms with E-state index in [-0.39, 0.29) is 24.2 Å². The van der Waals surface area contributed by atoms with Crippen LogP contribution in [-0.4, -0.2) is 65.2 Å². The Morgan fingerprint density at radius 1 is 1.00 bits per heavy atom. The highest BCUT2D eigenvalue weighted by molar-refractivity contribution is 7.99. The number of aliphatic carboxylic acids is 1. The number of amides is 2. The first-order valence-corrected chi connectivity index (χ1v) is 12.9. The van der Waals surface area contributed by atoms with Gasteiger partial charge in [-0.1, -0.05) is 61.4 Å². The first-order valence-electron chi connectivity index (χ1n) is 11.7. The minimum atomic E-state index is -0.933. The summed E-state index contributed by atoms with van der Waals surface area (Å²) in [5.74, 6) is -0.323. The van der Waals surface area contributed by atoms with Crippen LogP contribution in [-0.2, 0) is 14.3 Å². The Labute approximate surface area is 203 Å². The molecule has 34 heavy (non-hydrogen) atoms. The van der Waals surface area contributed by atoms with Crippen molar-refractivity contribution < 1.29 is 24.2 Å². The van der Waals surface area contributed by atoms with Gasteiger partial charge in [0.25, 0.3) is 0 Å². The van der Waals surface area contributed by atoms with E-state index in [0.717, 1.165) is 19.3 Å². The van der Waals surface area contributed by atoms with E-state index < -0.39 is 18.1 Å². The van der Waals surface area contributed by atoms with Crippen molar-refractivity contribution in [1.29, 1.82) is 0 Å². The Bertz CT molecular complexity index is 998. The lowest BCUT2D eigenvalue weighted by Gasteiger charge is -2.26. The fraction of sp³-hybridized carbons (Fsp3) is 0.423. The topological polar surface area (TPSA) is 95.9 Å². The average molecular weight is 483 g/mol. The van der Waals surface area contributed by atoms with Crippen molar-refractivity contribution in [1.82, 2.24) is 10.2 Å². The predicted molar refractivity (Wildman–Crippen MR) is 132 cm³/mol. The first-order chi connectivity index (χ1) is 16.6. The molecular weight excluding hydrogens is 452 g/mol. The van der Waals surface area contributed by atoms with Crippen molar-refractivity contribution >= 4 is 29.7 Å². The Morgan fingerprint density at radius 3 is 2.35 bits per heavy atom. The zero-order valence-corrected chi connectivity index (χ0v) is 19.9. The highest BCUT2D eigenvalue weighted by Gasteiger charge is 2.31. The summed E-state index contributed by atoms with van der Waals surface area (Å²) in [6.07, 6.45) is 2.65. The van der Waals surface area contributed by atoms with Gasteiger partial charge in [0.15, 0.2) is 0 Å². The SMILES string of the molecule is O=C(NCCSCC(=O)N1CCCCCC1C(=O)O)OCC1c2ccccc2-c2ccccc21. The molecule has 4 rings (SSSR count). The summed E-state index contributed by atoms with van der Waals surface area (Å²) in [6, 6.07) is 15.7. The van der Waals surface area contributed by atoms with Gasteiger partial charge >= 0.3 is 12.1 Å². The lowest BCUT2D eigenvalue weighted by molar-refractivity contribution is -0.149. The molecule has 0 bridgehead atoms. The first kappa shape index (κ1) is 24.1. The minimum Gasteiger partial charge on any atom is -0.480 e. The van der Waals surface area contributed by atoms with Crippen LogP contribution in [0.3, 0.4) is 0 Å². The molecule has 2 N–H and O–H groups in total. The quantitative estimate of drug-likeness (QED) is 0.550. The highest BCUT2D eigenvalue weighted by atomic mass is 32.2. The maximum atomic E-state index is 12.5. The summed E-state index contributed by atoms with van der Waals surface area (Å²) in [7, 11) is 0. The number of carbonyl (C=O) groups is 3. The molecule has 1 unspecified atom stereocenters. The second kappa shape index (κ2) is 11.4. The zero-order valence-electron chi connectivity index (χ0n) is 19.1. The number of rotatable bonds is 8. The van der Waals surface area contributed by atoms with Crippen molar-refractivity contribution in [3.63, 3.8) is 0 Å². The number of ether oxygens (including phenoxy) is 1. The fourth-order valence-corrected chi connectivity index (χ4v) is 5.51. The Balaban J connectivity index is 1.19. The van der Waals surface area contributed by atoms with Gasteiger partial charge in [0.2, 0.25) is 5.91 Å². The minimum absolute atomic E-state index is 0.0148. The van der Waals surface area contributed by atoms with Crippen LogP contribution in [0.5, 0.6) is 0 Å². The number of hydrogen-bond donors (Lipinski definition) is 2. The van der Waals surface area contributed by atoms with Crippen LogP contribution in [0.25, 0.3) is 11.1 Å². The molecule has 2 amide bonds. The van der Waals surface area contributed by atoms with E-state index in [4.69, 9.17) is 4.74 Å². The third kappa shape index (κ3) is 5.55. The van der Waals surface area contributed by atoms with Crippen LogP contribution in [0, 0.1) is 0 Å². The van der Waals surface area contributed by atoms with E-state index in [1.807, 2.05) is 24.3 Å². The maximum Gasteiger partial charge on any atom is 0.407 e. The van der Waals surface area contributed by atoms with Crippen LogP contribution in [0.4, 0.5) is 4.79 Å². The Kier molecular flexibility index (Phi) is 8.11. The third-order valence-corrected chi connectivity index (χ3v) is 7.39. The summed E-state index contributed by atoms with van der Waals surface area (Å²) in [5.41, 5.74) is 4.70. The van der Waals surface area contributed by atoms with Crippen molar-refractivity contribution in [2.24, 2.45) is 0 Å². The van der Waals surface area contributed by atoms with E-state index in [2.05, 4.69) is 29.6 Å². The lowest BCUT2D eigenvalue weighted by Crippen LogP contribution is -2.45. The molecule has 180 valence electrons. The number of nitrogens with one attached hydrogen (secondary N) is 1. The number of likely N-dealkylation sites (tertiary alicyclic amines) is 1. The van der Waals surface area contributed by atoms with Gasteiger partial charge in [0.1, 0.15) is 12.6 Å². The molecule has 0 saturated carbocycles. The fourth-order valence-electron chi connectivity index (χ4n) is 4.78. The molecule has 8 heteroatoms. The second-order valence-electron chi connectivity index (χ2n) is 8.60. The predicted octanol–water partition coefficient (Wildman–Crippen LogP) is 4.11. The van der Waals surface area contributed by atoms with E-state index in [1.54, 1.807) is 0 Å². The van der Waals surface area contributed by atoms with Crippen LogP contribution in [0.15, 0.2) is 48.5 Å². The van der Waals surface area contributed by atoms with Crippen molar-refractivity contribution in [3.05, 3.63) is 59.7 Å². The van der Waals surface area contributed by atoms with Gasteiger partial charge in [-0.15, -0.1) is 0 Å². The molecular formula is C26H30N2O5S. The number of fused-ring (bicyclic) bond motifs is 3. The van der Waals surface area contributed by atoms with Gasteiger partial charge in [0, 0.05) is 24.8 Å². The van der Waals surface area contributed by atoms with Gasteiger partial charge < -0.3 is 20.1 Å². The lowest BCUT2D eigenvalue weighted by atomic mass is 9.98. The van der Waals surface area contributed by atoms with Gasteiger partial charge in [-0.25, -0.2) is 9.59 Å². The standard InChI is InChI=1S/C26H30N2O5S/c29-24(28-14-7-1-2-12-23(28)25(30)31)17-34-15-13-27-26(32)33-16-22-20-10-5-3-8-18(20)19-9-4-6-11-21(19)22/h3-6,8-11,22-23H,1-2,7,12-17H2,(H,27,32)(H,30,31). The number of thioether (sulfide) groups is 1. The van der Waals surface area contributed by atoms with E-state index in [0.29, 0.717) is 25.3 Å². The molecule has 7 nitrogen and oxygen atoms in total. The second-order valence-corrected chi connectivity index (χ2v) is 9.70. The molecule has 0 radical (unpaired) electrons. The van der Waals surface area contributed by atoms with Crippen LogP contribution in [0.1, 0.15) is 42.7 Å². The largest absolute Gasteiger partial charge is 0.480 e. The van der Waals surface area contributed by atoms with E-state index in [9.17, 15) is 19.5 Å². The maximum absolute atomic E-state index is 12.5. The Morgan fingerprint density at radius 2 is 1.68 bits per heavy atom. The van der Waals surface area contributed by atoms with E-state index >= 15 is 0 Å². The van der Waals surface area contributed by atoms with Gasteiger partial charge in [-0.3, -0.25) is 4.79 Å². The molecule has 2 aromatic carbocycles. The number of carbonyl (C=O) groups excluding carboxylic acids is 2. The van der Waals surface area contributed by atoms with Crippen LogP contribution < -0.4 is 5.32 Å². The molecule has 1 saturated heterocycles. The summed E-state index contributed by atoms with van der Waals surface area (Å²) in [4.78, 5) is 37.8. The van der Waals surface area contributed by atoms with Crippen molar-refractivity contribution in [2.75, 3.05) is 31.2 Å². The number of carboxylic acids is 1. The molecule has 0 aromatic heterocycles.